The lowest BCUT2D eigenvalue weighted by Gasteiger charge is -2.08. The molecule has 0 aliphatic carbocycles. The van der Waals surface area contributed by atoms with Crippen molar-refractivity contribution < 1.29 is 72.4 Å². The van der Waals surface area contributed by atoms with Crippen LogP contribution in [0.1, 0.15) is 0 Å². The normalized spacial score (nSPS) is 10.3. The molecule has 2 aromatic rings. The zero-order valence-corrected chi connectivity index (χ0v) is 15.6. The van der Waals surface area contributed by atoms with Crippen LogP contribution in [0.4, 0.5) is 53.5 Å². The van der Waals surface area contributed by atoms with E-state index in [1.54, 1.807) is 0 Å². The number of ether oxygens (including phenoxy) is 4. The molecule has 0 atom stereocenters. The van der Waals surface area contributed by atoms with Crippen LogP contribution in [-0.4, -0.2) is 25.5 Å². The Bertz CT molecular complexity index is 1070. The Kier molecular flexibility index (Phi) is 8.16. The maximum atomic E-state index is 13.3. The molecule has 0 saturated carbocycles. The molecule has 6 nitrogen and oxygen atoms in total. The van der Waals surface area contributed by atoms with E-state index < -0.39 is 95.2 Å². The maximum Gasteiger partial charge on any atom is 0.515 e. The minimum atomic E-state index is -2.50. The highest BCUT2D eigenvalue weighted by atomic mass is 19.2. The molecule has 0 bridgehead atoms. The molecule has 182 valence electrons. The van der Waals surface area contributed by atoms with Crippen LogP contribution in [0.3, 0.4) is 0 Å². The third-order valence-electron chi connectivity index (χ3n) is 3.36. The van der Waals surface area contributed by atoms with Crippen LogP contribution in [0.5, 0.6) is 11.5 Å². The summed E-state index contributed by atoms with van der Waals surface area (Å²) in [6.07, 6.45) is -3.91. The summed E-state index contributed by atoms with van der Waals surface area (Å²) in [6, 6.07) is 0. The van der Waals surface area contributed by atoms with Gasteiger partial charge in [0.25, 0.3) is 0 Å². The summed E-state index contributed by atoms with van der Waals surface area (Å²) in [7, 11) is 0. The Balaban J connectivity index is 1.87. The Labute approximate surface area is 180 Å². The highest BCUT2D eigenvalue weighted by molar-refractivity contribution is 5.65. The number of carbonyl (C=O) groups excluding carboxylic acids is 2. The van der Waals surface area contributed by atoms with Crippen LogP contribution in [-0.2, 0) is 9.47 Å². The minimum absolute atomic E-state index is 0.954. The monoisotopic (exact) mass is 506 g/mol. The molecule has 0 aliphatic heterocycles. The van der Waals surface area contributed by atoms with Crippen LogP contribution in [0.25, 0.3) is 0 Å². The molecule has 34 heavy (non-hydrogen) atoms. The second-order valence-corrected chi connectivity index (χ2v) is 5.43. The average Bonchev–Trinajstić information content (AvgIpc) is 2.81. The Morgan fingerprint density at radius 3 is 0.971 bits per heavy atom. The average molecular weight is 506 g/mol. The van der Waals surface area contributed by atoms with Crippen LogP contribution in [0, 0.1) is 70.0 Å². The number of benzene rings is 2. The number of hydrogen-bond donors (Lipinski definition) is 0. The van der Waals surface area contributed by atoms with Crippen molar-refractivity contribution in [2.75, 3.05) is 13.2 Å². The first-order valence-electron chi connectivity index (χ1n) is 8.06. The van der Waals surface area contributed by atoms with E-state index in [0.29, 0.717) is 0 Å². The van der Waals surface area contributed by atoms with E-state index in [2.05, 4.69) is 18.9 Å². The smallest absolute Gasteiger partial charge is 0.421 e. The molecule has 0 aliphatic rings. The van der Waals surface area contributed by atoms with Gasteiger partial charge in [-0.05, 0) is 0 Å². The van der Waals surface area contributed by atoms with Gasteiger partial charge in [-0.1, -0.05) is 11.8 Å². The van der Waals surface area contributed by atoms with Crippen LogP contribution in [0.15, 0.2) is 0 Å². The number of hydrogen-bond acceptors (Lipinski definition) is 6. The number of rotatable bonds is 4. The van der Waals surface area contributed by atoms with Gasteiger partial charge in [-0.3, -0.25) is 0 Å². The Morgan fingerprint density at radius 1 is 0.471 bits per heavy atom. The fraction of sp³-hybridized carbons (Fsp3) is 0.111. The van der Waals surface area contributed by atoms with Gasteiger partial charge in [-0.25, -0.2) is 35.9 Å². The van der Waals surface area contributed by atoms with Crippen LogP contribution in [0.2, 0.25) is 0 Å². The lowest BCUT2D eigenvalue weighted by Crippen LogP contribution is -2.15. The van der Waals surface area contributed by atoms with Gasteiger partial charge < -0.3 is 18.9 Å². The van der Waals surface area contributed by atoms with E-state index >= 15 is 0 Å². The lowest BCUT2D eigenvalue weighted by atomic mass is 10.3. The summed E-state index contributed by atoms with van der Waals surface area (Å²) in [5.41, 5.74) is 0. The minimum Gasteiger partial charge on any atom is -0.421 e. The summed E-state index contributed by atoms with van der Waals surface area (Å²) in [6.45, 7) is -1.91. The maximum absolute atomic E-state index is 13.3. The third kappa shape index (κ3) is 5.42. The predicted octanol–water partition coefficient (Wildman–Crippen LogP) is 4.81. The SMILES string of the molecule is O=C(OCC#CCOC(=O)Oc1c(F)c(F)c(F)c(F)c1F)Oc1c(F)c(F)c(F)c(F)c1F. The van der Waals surface area contributed by atoms with E-state index in [-0.39, 0.29) is 0 Å². The molecule has 0 N–H and O–H groups in total. The number of halogens is 10. The van der Waals surface area contributed by atoms with Gasteiger partial charge in [-0.2, -0.15) is 17.6 Å². The second-order valence-electron chi connectivity index (χ2n) is 5.43. The van der Waals surface area contributed by atoms with Crippen LogP contribution >= 0.6 is 0 Å². The van der Waals surface area contributed by atoms with Gasteiger partial charge >= 0.3 is 12.3 Å². The van der Waals surface area contributed by atoms with Crippen molar-refractivity contribution >= 4 is 12.3 Å². The molecule has 0 radical (unpaired) electrons. The van der Waals surface area contributed by atoms with Gasteiger partial charge in [0.1, 0.15) is 0 Å². The van der Waals surface area contributed by atoms with Gasteiger partial charge in [-0.15, -0.1) is 0 Å². The standard InChI is InChI=1S/C18H4F10O6/c19-5-7(21)11(25)15(12(26)8(5)22)33-17(29)31-3-1-2-4-32-18(30)34-16-13(27)9(23)6(20)10(24)14(16)28/h3-4H2. The summed E-state index contributed by atoms with van der Waals surface area (Å²) in [4.78, 5) is 22.5. The summed E-state index contributed by atoms with van der Waals surface area (Å²) in [5, 5.41) is 0. The topological polar surface area (TPSA) is 71.1 Å². The molecular weight excluding hydrogens is 502 g/mol. The fourth-order valence-corrected chi connectivity index (χ4v) is 1.87. The highest BCUT2D eigenvalue weighted by Gasteiger charge is 2.30. The molecular formula is C18H4F10O6. The van der Waals surface area contributed by atoms with Crippen molar-refractivity contribution in [2.24, 2.45) is 0 Å². The van der Waals surface area contributed by atoms with Gasteiger partial charge in [0.15, 0.2) is 13.2 Å². The van der Waals surface area contributed by atoms with Crippen molar-refractivity contribution in [1.82, 2.24) is 0 Å². The Hall–Kier alpha value is -4.16. The largest absolute Gasteiger partial charge is 0.515 e. The molecule has 2 rings (SSSR count). The van der Waals surface area contributed by atoms with Crippen LogP contribution < -0.4 is 9.47 Å². The van der Waals surface area contributed by atoms with Gasteiger partial charge in [0, 0.05) is 0 Å². The zero-order valence-electron chi connectivity index (χ0n) is 15.6. The molecule has 0 amide bonds. The van der Waals surface area contributed by atoms with Crippen molar-refractivity contribution in [3.05, 3.63) is 58.2 Å². The molecule has 2 aromatic carbocycles. The lowest BCUT2D eigenvalue weighted by molar-refractivity contribution is 0.104. The summed E-state index contributed by atoms with van der Waals surface area (Å²) < 4.78 is 147. The number of carbonyl (C=O) groups is 2. The first kappa shape index (κ1) is 26.1. The molecule has 0 unspecified atom stereocenters. The molecule has 0 saturated heterocycles. The third-order valence-corrected chi connectivity index (χ3v) is 3.36. The first-order chi connectivity index (χ1) is 15.9. The highest BCUT2D eigenvalue weighted by Crippen LogP contribution is 2.30. The summed E-state index contributed by atoms with van der Waals surface area (Å²) >= 11 is 0. The van der Waals surface area contributed by atoms with Gasteiger partial charge in [0.05, 0.1) is 0 Å². The molecule has 0 spiro atoms. The van der Waals surface area contributed by atoms with E-state index in [0.717, 1.165) is 0 Å². The van der Waals surface area contributed by atoms with Crippen molar-refractivity contribution in [3.8, 4) is 23.3 Å². The second kappa shape index (κ2) is 10.6. The van der Waals surface area contributed by atoms with Gasteiger partial charge in [0.2, 0.25) is 69.7 Å². The van der Waals surface area contributed by atoms with E-state index in [1.165, 1.54) is 0 Å². The van der Waals surface area contributed by atoms with Crippen molar-refractivity contribution in [3.63, 3.8) is 0 Å². The predicted molar refractivity (Wildman–Crippen MR) is 84.2 cm³/mol. The van der Waals surface area contributed by atoms with E-state index in [1.807, 2.05) is 11.8 Å². The summed E-state index contributed by atoms with van der Waals surface area (Å²) in [5.74, 6) is -24.5. The zero-order chi connectivity index (χ0) is 25.7. The van der Waals surface area contributed by atoms with Crippen molar-refractivity contribution in [1.29, 1.82) is 0 Å². The molecule has 16 heteroatoms. The van der Waals surface area contributed by atoms with Crippen molar-refractivity contribution in [2.45, 2.75) is 0 Å². The molecule has 0 heterocycles. The quantitative estimate of drug-likeness (QED) is 0.148. The molecule has 0 aromatic heterocycles. The van der Waals surface area contributed by atoms with E-state index in [9.17, 15) is 53.5 Å². The van der Waals surface area contributed by atoms with E-state index in [4.69, 9.17) is 0 Å². The Morgan fingerprint density at radius 2 is 0.706 bits per heavy atom. The first-order valence-corrected chi connectivity index (χ1v) is 8.06. The fourth-order valence-electron chi connectivity index (χ4n) is 1.87. The molecule has 0 fully saturated rings.